The fraction of sp³-hybridized carbons (Fsp3) is 0.429. The molecule has 1 aliphatic carbocycles. The molecule has 6 heteroatoms. The maximum atomic E-state index is 13.6. The number of carbonyl (C=O) groups is 1. The molecule has 1 amide bonds. The molecule has 0 aliphatic heterocycles. The number of benzene rings is 1. The lowest BCUT2D eigenvalue weighted by Crippen LogP contribution is -2.47. The van der Waals surface area contributed by atoms with E-state index in [1.54, 1.807) is 19.1 Å². The first-order valence-corrected chi connectivity index (χ1v) is 7.33. The summed E-state index contributed by atoms with van der Waals surface area (Å²) in [6, 6.07) is 6.52. The Balaban J connectivity index is 1.90. The Hall–Kier alpha value is -1.74. The average molecular weight is 293 g/mol. The molecule has 1 aliphatic rings. The number of nitriles is 1. The molecule has 0 saturated heterocycles. The van der Waals surface area contributed by atoms with Gasteiger partial charge in [0.05, 0.1) is 11.8 Å². The van der Waals surface area contributed by atoms with E-state index in [2.05, 4.69) is 11.4 Å². The average Bonchev–Trinajstić information content (AvgIpc) is 3.22. The van der Waals surface area contributed by atoms with E-state index < -0.39 is 11.4 Å². The maximum absolute atomic E-state index is 13.6. The molecule has 1 aromatic carbocycles. The van der Waals surface area contributed by atoms with Crippen LogP contribution in [0.15, 0.2) is 23.1 Å². The van der Waals surface area contributed by atoms with Crippen LogP contribution >= 0.6 is 11.8 Å². The monoisotopic (exact) mass is 293 g/mol. The molecule has 0 aromatic heterocycles. The number of rotatable bonds is 5. The van der Waals surface area contributed by atoms with E-state index in [9.17, 15) is 9.18 Å². The van der Waals surface area contributed by atoms with E-state index in [1.807, 2.05) is 0 Å². The molecule has 3 N–H and O–H groups in total. The maximum Gasteiger partial charge on any atom is 0.231 e. The summed E-state index contributed by atoms with van der Waals surface area (Å²) in [4.78, 5) is 12.2. The van der Waals surface area contributed by atoms with Gasteiger partial charge >= 0.3 is 0 Å². The summed E-state index contributed by atoms with van der Waals surface area (Å²) in [5.41, 5.74) is 5.00. The number of hydrogen-bond donors (Lipinski definition) is 2. The lowest BCUT2D eigenvalue weighted by molar-refractivity contribution is -0.119. The standard InChI is InChI=1S/C14H16FN3OS/c1-14(8-16,9-2-3-9)18-13(19)7-20-12-5-4-10(17)6-11(12)15/h4-6,9H,2-3,7,17H2,1H3,(H,18,19). The molecule has 2 rings (SSSR count). The summed E-state index contributed by atoms with van der Waals surface area (Å²) in [5.74, 6) is -0.393. The van der Waals surface area contributed by atoms with Gasteiger partial charge < -0.3 is 11.1 Å². The third-order valence-corrected chi connectivity index (χ3v) is 4.39. The predicted molar refractivity (Wildman–Crippen MR) is 76.4 cm³/mol. The zero-order valence-corrected chi connectivity index (χ0v) is 12.0. The van der Waals surface area contributed by atoms with E-state index in [4.69, 9.17) is 11.0 Å². The van der Waals surface area contributed by atoms with Crippen LogP contribution in [0.2, 0.25) is 0 Å². The second-order valence-corrected chi connectivity index (χ2v) is 6.13. The van der Waals surface area contributed by atoms with Gasteiger partial charge in [-0.05, 0) is 43.9 Å². The summed E-state index contributed by atoms with van der Waals surface area (Å²) in [5, 5.41) is 11.9. The number of halogens is 1. The van der Waals surface area contributed by atoms with E-state index in [0.29, 0.717) is 10.6 Å². The molecule has 0 heterocycles. The normalized spacial score (nSPS) is 17.1. The molecule has 1 atom stereocenters. The smallest absolute Gasteiger partial charge is 0.231 e. The lowest BCUT2D eigenvalue weighted by Gasteiger charge is -2.22. The number of amides is 1. The summed E-state index contributed by atoms with van der Waals surface area (Å²) < 4.78 is 13.6. The van der Waals surface area contributed by atoms with Gasteiger partial charge in [0.15, 0.2) is 0 Å². The van der Waals surface area contributed by atoms with Crippen LogP contribution in [0.4, 0.5) is 10.1 Å². The molecule has 106 valence electrons. The van der Waals surface area contributed by atoms with E-state index in [-0.39, 0.29) is 17.6 Å². The van der Waals surface area contributed by atoms with Crippen LogP contribution in [0.5, 0.6) is 0 Å². The van der Waals surface area contributed by atoms with Crippen LogP contribution in [-0.2, 0) is 4.79 Å². The minimum Gasteiger partial charge on any atom is -0.399 e. The van der Waals surface area contributed by atoms with E-state index >= 15 is 0 Å². The van der Waals surface area contributed by atoms with Gasteiger partial charge in [-0.1, -0.05) is 0 Å². The zero-order valence-electron chi connectivity index (χ0n) is 11.1. The number of anilines is 1. The second-order valence-electron chi connectivity index (χ2n) is 5.12. The molecule has 0 bridgehead atoms. The topological polar surface area (TPSA) is 78.9 Å². The Kier molecular flexibility index (Phi) is 4.19. The zero-order chi connectivity index (χ0) is 14.8. The third kappa shape index (κ3) is 3.42. The van der Waals surface area contributed by atoms with E-state index in [0.717, 1.165) is 24.6 Å². The number of nitrogen functional groups attached to an aromatic ring is 1. The van der Waals surface area contributed by atoms with Crippen LogP contribution in [0, 0.1) is 23.1 Å². The molecular weight excluding hydrogens is 277 g/mol. The van der Waals surface area contributed by atoms with Crippen molar-refractivity contribution in [3.63, 3.8) is 0 Å². The summed E-state index contributed by atoms with van der Waals surface area (Å²) in [7, 11) is 0. The van der Waals surface area contributed by atoms with Crippen molar-refractivity contribution in [2.75, 3.05) is 11.5 Å². The van der Waals surface area contributed by atoms with Crippen LogP contribution in [0.1, 0.15) is 19.8 Å². The van der Waals surface area contributed by atoms with Gasteiger partial charge in [0.25, 0.3) is 0 Å². The van der Waals surface area contributed by atoms with Gasteiger partial charge in [-0.2, -0.15) is 5.26 Å². The number of nitrogens with two attached hydrogens (primary N) is 1. The molecule has 1 unspecified atom stereocenters. The molecule has 1 aromatic rings. The molecule has 0 spiro atoms. The number of nitrogens with one attached hydrogen (secondary N) is 1. The van der Waals surface area contributed by atoms with Gasteiger partial charge in [0.1, 0.15) is 11.4 Å². The Morgan fingerprint density at radius 2 is 2.35 bits per heavy atom. The SMILES string of the molecule is CC(C#N)(NC(=O)CSc1ccc(N)cc1F)C1CC1. The van der Waals surface area contributed by atoms with Crippen molar-refractivity contribution < 1.29 is 9.18 Å². The quantitative estimate of drug-likeness (QED) is 0.645. The summed E-state index contributed by atoms with van der Waals surface area (Å²) in [6.45, 7) is 1.73. The van der Waals surface area contributed by atoms with Crippen molar-refractivity contribution in [2.24, 2.45) is 5.92 Å². The molecule has 1 fully saturated rings. The van der Waals surface area contributed by atoms with Crippen LogP contribution in [0.3, 0.4) is 0 Å². The highest BCUT2D eigenvalue weighted by atomic mass is 32.2. The van der Waals surface area contributed by atoms with Crippen molar-refractivity contribution in [1.82, 2.24) is 5.32 Å². The third-order valence-electron chi connectivity index (χ3n) is 3.34. The molecule has 4 nitrogen and oxygen atoms in total. The van der Waals surface area contributed by atoms with Crippen LogP contribution in [0.25, 0.3) is 0 Å². The van der Waals surface area contributed by atoms with Crippen molar-refractivity contribution in [2.45, 2.75) is 30.2 Å². The second kappa shape index (κ2) is 5.71. The number of hydrogen-bond acceptors (Lipinski definition) is 4. The highest BCUT2D eigenvalue weighted by Gasteiger charge is 2.42. The fourth-order valence-corrected chi connectivity index (χ4v) is 2.70. The largest absolute Gasteiger partial charge is 0.399 e. The minimum atomic E-state index is -0.808. The van der Waals surface area contributed by atoms with Gasteiger partial charge in [-0.15, -0.1) is 11.8 Å². The molecule has 1 saturated carbocycles. The molecule has 20 heavy (non-hydrogen) atoms. The minimum absolute atomic E-state index is 0.0742. The first kappa shape index (κ1) is 14.7. The molecule has 0 radical (unpaired) electrons. The predicted octanol–water partition coefficient (Wildman–Crippen LogP) is 2.31. The highest BCUT2D eigenvalue weighted by Crippen LogP contribution is 2.39. The Morgan fingerprint density at radius 3 is 2.90 bits per heavy atom. The lowest BCUT2D eigenvalue weighted by atomic mass is 9.98. The van der Waals surface area contributed by atoms with Crippen molar-refractivity contribution in [1.29, 1.82) is 5.26 Å². The van der Waals surface area contributed by atoms with Gasteiger partial charge in [0, 0.05) is 10.6 Å². The Bertz CT molecular complexity index is 568. The van der Waals surface area contributed by atoms with Crippen LogP contribution < -0.4 is 11.1 Å². The fourth-order valence-electron chi connectivity index (χ4n) is 1.99. The van der Waals surface area contributed by atoms with Crippen LogP contribution in [-0.4, -0.2) is 17.2 Å². The van der Waals surface area contributed by atoms with Gasteiger partial charge in [-0.25, -0.2) is 4.39 Å². The first-order chi connectivity index (χ1) is 9.44. The summed E-state index contributed by atoms with van der Waals surface area (Å²) >= 11 is 1.10. The number of thioether (sulfide) groups is 1. The Labute approximate surface area is 121 Å². The number of carbonyl (C=O) groups excluding carboxylic acids is 1. The number of nitrogens with zero attached hydrogens (tertiary/aromatic N) is 1. The van der Waals surface area contributed by atoms with E-state index in [1.165, 1.54) is 6.07 Å². The molecular formula is C14H16FN3OS. The highest BCUT2D eigenvalue weighted by molar-refractivity contribution is 8.00. The first-order valence-electron chi connectivity index (χ1n) is 6.34. The Morgan fingerprint density at radius 1 is 1.65 bits per heavy atom. The summed E-state index contributed by atoms with van der Waals surface area (Å²) in [6.07, 6.45) is 1.92. The van der Waals surface area contributed by atoms with Gasteiger partial charge in [0.2, 0.25) is 5.91 Å². The van der Waals surface area contributed by atoms with Crippen molar-refractivity contribution in [3.05, 3.63) is 24.0 Å². The van der Waals surface area contributed by atoms with Gasteiger partial charge in [-0.3, -0.25) is 4.79 Å². The van der Waals surface area contributed by atoms with Crippen molar-refractivity contribution in [3.8, 4) is 6.07 Å². The van der Waals surface area contributed by atoms with Crippen molar-refractivity contribution >= 4 is 23.4 Å².